The van der Waals surface area contributed by atoms with Crippen molar-refractivity contribution >= 4 is 5.97 Å². The van der Waals surface area contributed by atoms with Crippen molar-refractivity contribution < 1.29 is 15.0 Å². The van der Waals surface area contributed by atoms with Crippen LogP contribution in [0, 0.1) is 5.92 Å². The largest absolute Gasteiger partial charge is 0.503 e. The van der Waals surface area contributed by atoms with E-state index in [1.54, 1.807) is 6.20 Å². The van der Waals surface area contributed by atoms with Gasteiger partial charge in [0, 0.05) is 30.9 Å². The van der Waals surface area contributed by atoms with E-state index in [0.29, 0.717) is 19.0 Å². The molecule has 0 saturated heterocycles. The van der Waals surface area contributed by atoms with Gasteiger partial charge in [-0.3, -0.25) is 9.59 Å². The number of rotatable bonds is 6. The Labute approximate surface area is 136 Å². The Balaban J connectivity index is 2.24. The van der Waals surface area contributed by atoms with Crippen LogP contribution in [0.2, 0.25) is 0 Å². The minimum atomic E-state index is -0.833. The molecule has 1 aromatic rings. The van der Waals surface area contributed by atoms with Crippen LogP contribution >= 0.6 is 0 Å². The maximum absolute atomic E-state index is 11.8. The lowest BCUT2D eigenvalue weighted by Gasteiger charge is -2.33. The molecule has 2 rings (SSSR count). The second-order valence-electron chi connectivity index (χ2n) is 6.63. The Bertz CT molecular complexity index is 611. The standard InChI is InChI=1S/C17H26N2O4/c1-12-5-3-4-6-14(12)19-11-16(21)15(20)9-13(19)10-18(2)8-7-17(22)23/h9,11-12,14,21H,3-8,10H2,1-2H3,(H,22,23). The van der Waals surface area contributed by atoms with Gasteiger partial charge in [-0.1, -0.05) is 19.8 Å². The van der Waals surface area contributed by atoms with E-state index in [-0.39, 0.29) is 23.6 Å². The number of carbonyl (C=O) groups is 1. The summed E-state index contributed by atoms with van der Waals surface area (Å²) in [6, 6.07) is 1.76. The Hall–Kier alpha value is -1.82. The first-order valence-corrected chi connectivity index (χ1v) is 8.23. The Morgan fingerprint density at radius 2 is 2.09 bits per heavy atom. The first-order valence-electron chi connectivity index (χ1n) is 8.23. The molecule has 128 valence electrons. The van der Waals surface area contributed by atoms with E-state index in [2.05, 4.69) is 6.92 Å². The average Bonchev–Trinajstić information content (AvgIpc) is 2.49. The zero-order chi connectivity index (χ0) is 17.0. The number of aromatic nitrogens is 1. The summed E-state index contributed by atoms with van der Waals surface area (Å²) in [6.07, 6.45) is 6.17. The van der Waals surface area contributed by atoms with Crippen LogP contribution in [-0.2, 0) is 11.3 Å². The molecule has 1 fully saturated rings. The maximum atomic E-state index is 11.8. The number of carboxylic acid groups (broad SMARTS) is 1. The summed E-state index contributed by atoms with van der Waals surface area (Å²) >= 11 is 0. The van der Waals surface area contributed by atoms with Crippen LogP contribution in [0.3, 0.4) is 0 Å². The van der Waals surface area contributed by atoms with Gasteiger partial charge in [-0.25, -0.2) is 0 Å². The molecule has 6 nitrogen and oxygen atoms in total. The fourth-order valence-electron chi connectivity index (χ4n) is 3.37. The van der Waals surface area contributed by atoms with Crippen molar-refractivity contribution in [2.24, 2.45) is 5.92 Å². The van der Waals surface area contributed by atoms with Crippen LogP contribution in [0.4, 0.5) is 0 Å². The van der Waals surface area contributed by atoms with Crippen molar-refractivity contribution in [2.45, 2.75) is 51.6 Å². The Morgan fingerprint density at radius 3 is 2.74 bits per heavy atom. The number of hydrogen-bond acceptors (Lipinski definition) is 4. The smallest absolute Gasteiger partial charge is 0.304 e. The normalized spacial score (nSPS) is 21.5. The summed E-state index contributed by atoms with van der Waals surface area (Å²) in [5, 5.41) is 18.6. The molecule has 1 aromatic heterocycles. The molecule has 1 saturated carbocycles. The number of hydrogen-bond donors (Lipinski definition) is 2. The summed E-state index contributed by atoms with van der Waals surface area (Å²) in [7, 11) is 1.84. The van der Waals surface area contributed by atoms with Crippen molar-refractivity contribution in [2.75, 3.05) is 13.6 Å². The van der Waals surface area contributed by atoms with Crippen molar-refractivity contribution in [3.8, 4) is 5.75 Å². The van der Waals surface area contributed by atoms with E-state index in [1.807, 2.05) is 16.5 Å². The van der Waals surface area contributed by atoms with Gasteiger partial charge in [0.2, 0.25) is 5.43 Å². The van der Waals surface area contributed by atoms with E-state index in [0.717, 1.165) is 25.0 Å². The molecule has 1 aliphatic carbocycles. The van der Waals surface area contributed by atoms with Gasteiger partial charge in [-0.2, -0.15) is 0 Å². The van der Waals surface area contributed by atoms with Gasteiger partial charge in [-0.15, -0.1) is 0 Å². The highest BCUT2D eigenvalue weighted by molar-refractivity contribution is 5.66. The lowest BCUT2D eigenvalue weighted by Crippen LogP contribution is -2.29. The van der Waals surface area contributed by atoms with E-state index in [9.17, 15) is 14.7 Å². The predicted molar refractivity (Wildman–Crippen MR) is 87.6 cm³/mol. The summed E-state index contributed by atoms with van der Waals surface area (Å²) in [5.74, 6) is -0.561. The molecule has 0 spiro atoms. The summed E-state index contributed by atoms with van der Waals surface area (Å²) in [6.45, 7) is 3.12. The molecule has 0 amide bonds. The SMILES string of the molecule is CC1CCCCC1n1cc(O)c(=O)cc1CN(C)CCC(=O)O. The summed E-state index contributed by atoms with van der Waals surface area (Å²) in [5.41, 5.74) is 0.450. The van der Waals surface area contributed by atoms with Crippen molar-refractivity contribution in [1.29, 1.82) is 0 Å². The van der Waals surface area contributed by atoms with Crippen LogP contribution in [0.5, 0.6) is 5.75 Å². The van der Waals surface area contributed by atoms with Crippen molar-refractivity contribution in [3.05, 3.63) is 28.2 Å². The molecule has 23 heavy (non-hydrogen) atoms. The van der Waals surface area contributed by atoms with Gasteiger partial charge in [0.1, 0.15) is 0 Å². The molecular formula is C17H26N2O4. The van der Waals surface area contributed by atoms with Crippen LogP contribution in [0.1, 0.15) is 50.8 Å². The van der Waals surface area contributed by atoms with Gasteiger partial charge in [-0.05, 0) is 25.8 Å². The average molecular weight is 322 g/mol. The Kier molecular flexibility index (Phi) is 5.82. The molecule has 0 aromatic carbocycles. The molecule has 0 bridgehead atoms. The number of carboxylic acids is 1. The number of pyridine rings is 1. The van der Waals surface area contributed by atoms with Crippen LogP contribution < -0.4 is 5.43 Å². The second kappa shape index (κ2) is 7.64. The first kappa shape index (κ1) is 17.5. The number of aliphatic carboxylic acids is 1. The van der Waals surface area contributed by atoms with Gasteiger partial charge >= 0.3 is 5.97 Å². The van der Waals surface area contributed by atoms with E-state index in [4.69, 9.17) is 5.11 Å². The Morgan fingerprint density at radius 1 is 1.39 bits per heavy atom. The van der Waals surface area contributed by atoms with Gasteiger partial charge in [0.05, 0.1) is 12.6 Å². The van der Waals surface area contributed by atoms with Crippen molar-refractivity contribution in [3.63, 3.8) is 0 Å². The molecule has 1 aliphatic rings. The van der Waals surface area contributed by atoms with Crippen LogP contribution in [0.25, 0.3) is 0 Å². The van der Waals surface area contributed by atoms with Crippen molar-refractivity contribution in [1.82, 2.24) is 9.47 Å². The van der Waals surface area contributed by atoms with Crippen LogP contribution in [-0.4, -0.2) is 39.2 Å². The fraction of sp³-hybridized carbons (Fsp3) is 0.647. The lowest BCUT2D eigenvalue weighted by atomic mass is 9.85. The number of nitrogens with zero attached hydrogens (tertiary/aromatic N) is 2. The molecule has 2 N–H and O–H groups in total. The molecule has 1 heterocycles. The minimum absolute atomic E-state index is 0.0681. The number of aromatic hydroxyl groups is 1. The molecular weight excluding hydrogens is 296 g/mol. The highest BCUT2D eigenvalue weighted by Gasteiger charge is 2.25. The molecule has 0 aliphatic heterocycles. The van der Waals surface area contributed by atoms with Crippen LogP contribution in [0.15, 0.2) is 17.1 Å². The molecule has 2 unspecified atom stereocenters. The maximum Gasteiger partial charge on any atom is 0.304 e. The zero-order valence-corrected chi connectivity index (χ0v) is 13.9. The second-order valence-corrected chi connectivity index (χ2v) is 6.63. The highest BCUT2D eigenvalue weighted by atomic mass is 16.4. The molecule has 0 radical (unpaired) electrons. The third-order valence-electron chi connectivity index (χ3n) is 4.71. The molecule has 6 heteroatoms. The fourth-order valence-corrected chi connectivity index (χ4v) is 3.37. The quantitative estimate of drug-likeness (QED) is 0.839. The topological polar surface area (TPSA) is 82.8 Å². The van der Waals surface area contributed by atoms with E-state index < -0.39 is 5.97 Å². The zero-order valence-electron chi connectivity index (χ0n) is 13.9. The predicted octanol–water partition coefficient (Wildman–Crippen LogP) is 2.21. The minimum Gasteiger partial charge on any atom is -0.503 e. The van der Waals surface area contributed by atoms with Gasteiger partial charge in [0.15, 0.2) is 5.75 Å². The third kappa shape index (κ3) is 4.58. The van der Waals surface area contributed by atoms with E-state index in [1.165, 1.54) is 12.5 Å². The summed E-state index contributed by atoms with van der Waals surface area (Å²) < 4.78 is 2.03. The highest BCUT2D eigenvalue weighted by Crippen LogP contribution is 2.34. The third-order valence-corrected chi connectivity index (χ3v) is 4.71. The first-order chi connectivity index (χ1) is 10.9. The summed E-state index contributed by atoms with van der Waals surface area (Å²) in [4.78, 5) is 24.4. The lowest BCUT2D eigenvalue weighted by molar-refractivity contribution is -0.137. The van der Waals surface area contributed by atoms with Gasteiger partial charge < -0.3 is 19.7 Å². The monoisotopic (exact) mass is 322 g/mol. The van der Waals surface area contributed by atoms with E-state index >= 15 is 0 Å². The molecule has 2 atom stereocenters. The van der Waals surface area contributed by atoms with Gasteiger partial charge in [0.25, 0.3) is 0 Å².